The number of aryl methyl sites for hydroxylation is 1. The smallest absolute Gasteiger partial charge is 0.146 e. The van der Waals surface area contributed by atoms with Crippen LogP contribution in [0.15, 0.2) is 41.8 Å². The third kappa shape index (κ3) is 3.43. The van der Waals surface area contributed by atoms with Gasteiger partial charge in [-0.25, -0.2) is 9.97 Å². The molecular formula is C24H29N5O3. The van der Waals surface area contributed by atoms with Crippen molar-refractivity contribution < 1.29 is 14.9 Å². The summed E-state index contributed by atoms with van der Waals surface area (Å²) in [7, 11) is 0. The van der Waals surface area contributed by atoms with E-state index in [-0.39, 0.29) is 12.0 Å². The van der Waals surface area contributed by atoms with Gasteiger partial charge < -0.3 is 25.3 Å². The Kier molecular flexibility index (Phi) is 4.94. The lowest BCUT2D eigenvalue weighted by molar-refractivity contribution is 0.00545. The Morgan fingerprint density at radius 3 is 2.81 bits per heavy atom. The van der Waals surface area contributed by atoms with Gasteiger partial charge in [0.15, 0.2) is 0 Å². The molecule has 8 nitrogen and oxygen atoms in total. The maximum atomic E-state index is 10.8. The van der Waals surface area contributed by atoms with Gasteiger partial charge in [-0.1, -0.05) is 6.07 Å². The first-order valence-electron chi connectivity index (χ1n) is 11.1. The second kappa shape index (κ2) is 7.56. The van der Waals surface area contributed by atoms with Crippen LogP contribution in [0.3, 0.4) is 0 Å². The first-order chi connectivity index (χ1) is 15.2. The summed E-state index contributed by atoms with van der Waals surface area (Å²) in [6.07, 6.45) is 3.85. The molecule has 0 bridgehead atoms. The van der Waals surface area contributed by atoms with E-state index in [2.05, 4.69) is 22.1 Å². The van der Waals surface area contributed by atoms with Crippen molar-refractivity contribution in [1.82, 2.24) is 14.5 Å². The highest BCUT2D eigenvalue weighted by atomic mass is 16.5. The number of ether oxygens (including phenoxy) is 1. The normalized spacial score (nSPS) is 26.6. The average molecular weight is 436 g/mol. The number of anilines is 1. The molecule has 0 radical (unpaired) electrons. The molecule has 1 aromatic carbocycles. The summed E-state index contributed by atoms with van der Waals surface area (Å²) in [5.74, 6) is 1.18. The zero-order valence-corrected chi connectivity index (χ0v) is 18.6. The van der Waals surface area contributed by atoms with Crippen LogP contribution in [0.1, 0.15) is 45.2 Å². The first kappa shape index (κ1) is 20.9. The predicted octanol–water partition coefficient (Wildman–Crippen LogP) is 3.19. The predicted molar refractivity (Wildman–Crippen MR) is 123 cm³/mol. The zero-order chi connectivity index (χ0) is 22.6. The third-order valence-electron chi connectivity index (χ3n) is 7.02. The van der Waals surface area contributed by atoms with Crippen LogP contribution in [0.25, 0.3) is 11.0 Å². The maximum absolute atomic E-state index is 10.8. The number of nitrogens with zero attached hydrogens (tertiary/aromatic N) is 4. The highest BCUT2D eigenvalue weighted by Gasteiger charge is 2.42. The summed E-state index contributed by atoms with van der Waals surface area (Å²) in [5, 5.41) is 22.3. The van der Waals surface area contributed by atoms with Crippen molar-refractivity contribution in [2.45, 2.75) is 63.9 Å². The van der Waals surface area contributed by atoms with Crippen LogP contribution < -0.4 is 10.5 Å². The van der Waals surface area contributed by atoms with Crippen molar-refractivity contribution in [3.63, 3.8) is 0 Å². The van der Waals surface area contributed by atoms with Crippen LogP contribution >= 0.6 is 0 Å². The lowest BCUT2D eigenvalue weighted by Crippen LogP contribution is -2.38. The molecule has 1 aliphatic heterocycles. The van der Waals surface area contributed by atoms with E-state index in [1.165, 1.54) is 6.33 Å². The molecule has 8 heteroatoms. The van der Waals surface area contributed by atoms with E-state index in [0.717, 1.165) is 40.9 Å². The van der Waals surface area contributed by atoms with Gasteiger partial charge >= 0.3 is 0 Å². The third-order valence-corrected chi connectivity index (χ3v) is 7.02. The van der Waals surface area contributed by atoms with Crippen LogP contribution in [-0.2, 0) is 6.42 Å². The molecule has 0 amide bonds. The summed E-state index contributed by atoms with van der Waals surface area (Å²) in [6, 6.07) is 7.69. The SMILES string of the molecule is CC1=Nc2cc(CC[C@H]3C[C@@H](n4ccc5c(N)ncnc54)[C@H](O)[C@@H]3O)ccc2OC1(C)C. The number of nitrogen functional groups attached to an aromatic ring is 1. The molecule has 1 saturated carbocycles. The minimum atomic E-state index is -0.863. The molecule has 2 aromatic heterocycles. The molecule has 3 aromatic rings. The number of benzene rings is 1. The molecule has 0 spiro atoms. The molecule has 168 valence electrons. The van der Waals surface area contributed by atoms with Crippen LogP contribution in [0.2, 0.25) is 0 Å². The van der Waals surface area contributed by atoms with Crippen molar-refractivity contribution in [3.05, 3.63) is 42.4 Å². The largest absolute Gasteiger partial charge is 0.480 e. The van der Waals surface area contributed by atoms with E-state index in [1.807, 2.05) is 43.7 Å². The minimum absolute atomic E-state index is 0.0249. The number of hydrogen-bond acceptors (Lipinski definition) is 7. The van der Waals surface area contributed by atoms with Crippen molar-refractivity contribution >= 4 is 28.3 Å². The Morgan fingerprint density at radius 1 is 1.19 bits per heavy atom. The van der Waals surface area contributed by atoms with Crippen LogP contribution in [0.4, 0.5) is 11.5 Å². The summed E-state index contributed by atoms with van der Waals surface area (Å²) < 4.78 is 7.98. The van der Waals surface area contributed by atoms with Gasteiger partial charge in [0.05, 0.1) is 23.2 Å². The Labute approximate surface area is 186 Å². The topological polar surface area (TPSA) is 119 Å². The molecule has 0 saturated heterocycles. The summed E-state index contributed by atoms with van der Waals surface area (Å²) in [4.78, 5) is 13.1. The Morgan fingerprint density at radius 2 is 2.00 bits per heavy atom. The number of aliphatic hydroxyl groups excluding tert-OH is 2. The highest BCUT2D eigenvalue weighted by molar-refractivity contribution is 5.94. The van der Waals surface area contributed by atoms with E-state index in [9.17, 15) is 10.2 Å². The summed E-state index contributed by atoms with van der Waals surface area (Å²) in [6.45, 7) is 6.01. The van der Waals surface area contributed by atoms with Gasteiger partial charge in [0.2, 0.25) is 0 Å². The van der Waals surface area contributed by atoms with Gasteiger partial charge in [-0.2, -0.15) is 0 Å². The number of rotatable bonds is 4. The molecule has 2 aliphatic rings. The number of fused-ring (bicyclic) bond motifs is 2. The lowest BCUT2D eigenvalue weighted by Gasteiger charge is -2.31. The monoisotopic (exact) mass is 435 g/mol. The van der Waals surface area contributed by atoms with Gasteiger partial charge in [0.25, 0.3) is 0 Å². The summed E-state index contributed by atoms with van der Waals surface area (Å²) >= 11 is 0. The van der Waals surface area contributed by atoms with Crippen molar-refractivity contribution in [2.24, 2.45) is 10.9 Å². The number of aliphatic hydroxyl groups is 2. The fourth-order valence-electron chi connectivity index (χ4n) is 4.83. The van der Waals surface area contributed by atoms with Crippen LogP contribution in [0.5, 0.6) is 5.75 Å². The first-order valence-corrected chi connectivity index (χ1v) is 11.1. The molecule has 32 heavy (non-hydrogen) atoms. The number of nitrogens with two attached hydrogens (primary N) is 1. The molecule has 3 heterocycles. The number of aliphatic imine (C=N–C) groups is 1. The Balaban J connectivity index is 1.31. The van der Waals surface area contributed by atoms with Gasteiger partial charge in [-0.05, 0) is 69.7 Å². The van der Waals surface area contributed by atoms with Crippen LogP contribution in [-0.4, -0.2) is 48.3 Å². The zero-order valence-electron chi connectivity index (χ0n) is 18.6. The molecule has 4 N–H and O–H groups in total. The summed E-state index contributed by atoms with van der Waals surface area (Å²) in [5.41, 5.74) is 9.16. The second-order valence-electron chi connectivity index (χ2n) is 9.41. The van der Waals surface area contributed by atoms with Crippen LogP contribution in [0, 0.1) is 5.92 Å². The molecule has 4 atom stereocenters. The lowest BCUT2D eigenvalue weighted by atomic mass is 9.95. The van der Waals surface area contributed by atoms with E-state index in [1.54, 1.807) is 0 Å². The van der Waals surface area contributed by atoms with Gasteiger partial charge in [0, 0.05) is 6.20 Å². The fourth-order valence-corrected chi connectivity index (χ4v) is 4.83. The Hall–Kier alpha value is -2.97. The molecule has 5 rings (SSSR count). The Bertz CT molecular complexity index is 1200. The second-order valence-corrected chi connectivity index (χ2v) is 9.41. The van der Waals surface area contributed by atoms with Gasteiger partial charge in [-0.3, -0.25) is 4.99 Å². The highest BCUT2D eigenvalue weighted by Crippen LogP contribution is 2.41. The minimum Gasteiger partial charge on any atom is -0.480 e. The van der Waals surface area contributed by atoms with Crippen molar-refractivity contribution in [2.75, 3.05) is 5.73 Å². The number of aromatic nitrogens is 3. The standard InChI is InChI=1S/C24H29N5O3/c1-13-24(2,3)32-19-7-5-14(10-17(19)28-13)4-6-15-11-18(21(31)20(15)30)29-9-8-16-22(25)26-12-27-23(16)29/h5,7-10,12,15,18,20-21,30-31H,4,6,11H2,1-3H3,(H2,25,26,27)/t15-,18+,20+,21-/m0/s1. The molecule has 1 aliphatic carbocycles. The number of hydrogen-bond donors (Lipinski definition) is 3. The van der Waals surface area contributed by atoms with E-state index in [0.29, 0.717) is 17.9 Å². The average Bonchev–Trinajstić information content (AvgIpc) is 3.30. The van der Waals surface area contributed by atoms with E-state index in [4.69, 9.17) is 15.5 Å². The van der Waals surface area contributed by atoms with E-state index >= 15 is 0 Å². The van der Waals surface area contributed by atoms with Crippen molar-refractivity contribution in [3.8, 4) is 5.75 Å². The quantitative estimate of drug-likeness (QED) is 0.579. The fraction of sp³-hybridized carbons (Fsp3) is 0.458. The molecule has 0 unspecified atom stereocenters. The molecular weight excluding hydrogens is 406 g/mol. The van der Waals surface area contributed by atoms with Crippen molar-refractivity contribution in [1.29, 1.82) is 0 Å². The van der Waals surface area contributed by atoms with E-state index < -0.39 is 17.8 Å². The van der Waals surface area contributed by atoms with Gasteiger partial charge in [0.1, 0.15) is 40.9 Å². The van der Waals surface area contributed by atoms with Gasteiger partial charge in [-0.15, -0.1) is 0 Å². The maximum Gasteiger partial charge on any atom is 0.146 e. The molecule has 1 fully saturated rings.